The second-order valence-corrected chi connectivity index (χ2v) is 14.7. The molecule has 1 atom stereocenters. The van der Waals surface area contributed by atoms with Crippen molar-refractivity contribution < 1.29 is 19.1 Å². The molecule has 0 N–H and O–H groups in total. The molecule has 3 rings (SSSR count). The first-order chi connectivity index (χ1) is 12.7. The maximum Gasteiger partial charge on any atom is 0.256 e. The molecule has 3 amide bonds. The Bertz CT molecular complexity index is 777. The third-order valence-electron chi connectivity index (χ3n) is 4.99. The predicted octanol–water partition coefficient (Wildman–Crippen LogP) is 3.23. The van der Waals surface area contributed by atoms with E-state index < -0.39 is 14.1 Å². The maximum absolute atomic E-state index is 12.9. The second-order valence-electron chi connectivity index (χ2n) is 8.27. The van der Waals surface area contributed by atoms with Crippen LogP contribution in [0.4, 0.5) is 0 Å². The van der Waals surface area contributed by atoms with Crippen LogP contribution in [0.3, 0.4) is 0 Å². The van der Waals surface area contributed by atoms with Crippen molar-refractivity contribution in [3.8, 4) is 0 Å². The van der Waals surface area contributed by atoms with Crippen LogP contribution in [0, 0.1) is 0 Å². The Hall–Kier alpha value is -1.51. The van der Waals surface area contributed by atoms with Gasteiger partial charge in [0.15, 0.2) is 0 Å². The molecule has 0 aromatic heterocycles. The van der Waals surface area contributed by atoms with Crippen molar-refractivity contribution in [3.63, 3.8) is 0 Å². The van der Waals surface area contributed by atoms with Crippen LogP contribution in [-0.4, -0.2) is 55.0 Å². The highest BCUT2D eigenvalue weighted by Gasteiger charge is 2.43. The number of carbonyl (C=O) groups excluding carboxylic acids is 3. The summed E-state index contributed by atoms with van der Waals surface area (Å²) in [5.41, 5.74) is 1.51. The average Bonchev–Trinajstić information content (AvgIpc) is 2.91. The molecule has 1 fully saturated rings. The van der Waals surface area contributed by atoms with Gasteiger partial charge in [0, 0.05) is 32.1 Å². The van der Waals surface area contributed by atoms with E-state index in [4.69, 9.17) is 4.74 Å². The summed E-state index contributed by atoms with van der Waals surface area (Å²) in [5.74, 6) is -0.726. The van der Waals surface area contributed by atoms with Crippen molar-refractivity contribution >= 4 is 41.7 Å². The SMILES string of the molecule is C[Si](C)(C)CCOCN1C(=O)CCC(N2Cc3cccc(Br)c3C2=O)C1=O. The second kappa shape index (κ2) is 7.85. The molecule has 146 valence electrons. The Morgan fingerprint density at radius 1 is 1.22 bits per heavy atom. The third-order valence-corrected chi connectivity index (χ3v) is 7.36. The number of halogens is 1. The van der Waals surface area contributed by atoms with Gasteiger partial charge < -0.3 is 9.64 Å². The fourth-order valence-electron chi connectivity index (χ4n) is 3.37. The quantitative estimate of drug-likeness (QED) is 0.377. The smallest absolute Gasteiger partial charge is 0.256 e. The summed E-state index contributed by atoms with van der Waals surface area (Å²) in [6, 6.07) is 5.96. The highest BCUT2D eigenvalue weighted by atomic mass is 79.9. The highest BCUT2D eigenvalue weighted by molar-refractivity contribution is 9.10. The summed E-state index contributed by atoms with van der Waals surface area (Å²) < 4.78 is 6.35. The zero-order chi connectivity index (χ0) is 19.8. The molecule has 1 unspecified atom stereocenters. The Balaban J connectivity index is 1.67. The molecule has 0 radical (unpaired) electrons. The number of benzene rings is 1. The van der Waals surface area contributed by atoms with Crippen molar-refractivity contribution in [2.45, 2.75) is 51.1 Å². The molecule has 1 aromatic rings. The number of imide groups is 1. The van der Waals surface area contributed by atoms with E-state index in [2.05, 4.69) is 35.6 Å². The van der Waals surface area contributed by atoms with E-state index in [9.17, 15) is 14.4 Å². The normalized spacial score (nSPS) is 20.4. The van der Waals surface area contributed by atoms with Crippen LogP contribution < -0.4 is 0 Å². The van der Waals surface area contributed by atoms with E-state index in [0.717, 1.165) is 16.1 Å². The lowest BCUT2D eigenvalue weighted by Gasteiger charge is -2.35. The zero-order valence-corrected chi connectivity index (χ0v) is 18.5. The first kappa shape index (κ1) is 20.2. The summed E-state index contributed by atoms with van der Waals surface area (Å²) in [4.78, 5) is 40.7. The first-order valence-corrected chi connectivity index (χ1v) is 13.7. The molecule has 1 aromatic carbocycles. The van der Waals surface area contributed by atoms with Crippen LogP contribution in [0.2, 0.25) is 25.7 Å². The molecule has 27 heavy (non-hydrogen) atoms. The lowest BCUT2D eigenvalue weighted by Crippen LogP contribution is -2.55. The standard InChI is InChI=1S/C19H25BrN2O4Si/c1-27(2,3)10-9-26-12-22-16(23)8-7-15(18(22)24)21-11-13-5-4-6-14(20)17(13)19(21)25/h4-6,15H,7-12H2,1-3H3. The molecular weight excluding hydrogens is 428 g/mol. The van der Waals surface area contributed by atoms with Gasteiger partial charge in [0.1, 0.15) is 12.8 Å². The van der Waals surface area contributed by atoms with Crippen molar-refractivity contribution in [3.05, 3.63) is 33.8 Å². The van der Waals surface area contributed by atoms with E-state index in [1.807, 2.05) is 18.2 Å². The Morgan fingerprint density at radius 2 is 1.96 bits per heavy atom. The van der Waals surface area contributed by atoms with E-state index in [1.54, 1.807) is 4.90 Å². The summed E-state index contributed by atoms with van der Waals surface area (Å²) in [5, 5.41) is 0. The molecule has 2 heterocycles. The van der Waals surface area contributed by atoms with E-state index in [1.165, 1.54) is 4.90 Å². The van der Waals surface area contributed by atoms with Crippen LogP contribution >= 0.6 is 15.9 Å². The average molecular weight is 453 g/mol. The monoisotopic (exact) mass is 452 g/mol. The number of rotatable bonds is 6. The molecule has 6 nitrogen and oxygen atoms in total. The minimum atomic E-state index is -1.23. The van der Waals surface area contributed by atoms with Crippen LogP contribution in [0.1, 0.15) is 28.8 Å². The number of hydrogen-bond acceptors (Lipinski definition) is 4. The van der Waals surface area contributed by atoms with Crippen molar-refractivity contribution in [2.75, 3.05) is 13.3 Å². The molecule has 0 saturated carbocycles. The fourth-order valence-corrected chi connectivity index (χ4v) is 4.70. The molecule has 2 aliphatic heterocycles. The minimum absolute atomic E-state index is 0.0304. The predicted molar refractivity (Wildman–Crippen MR) is 108 cm³/mol. The number of hydrogen-bond donors (Lipinski definition) is 0. The van der Waals surface area contributed by atoms with Gasteiger partial charge >= 0.3 is 0 Å². The molecule has 8 heteroatoms. The van der Waals surface area contributed by atoms with E-state index >= 15 is 0 Å². The molecular formula is C19H25BrN2O4Si. The topological polar surface area (TPSA) is 66.9 Å². The van der Waals surface area contributed by atoms with E-state index in [-0.39, 0.29) is 30.9 Å². The van der Waals surface area contributed by atoms with Crippen LogP contribution in [0.15, 0.2) is 22.7 Å². The van der Waals surface area contributed by atoms with Gasteiger partial charge in [-0.25, -0.2) is 0 Å². The number of carbonyl (C=O) groups is 3. The number of fused-ring (bicyclic) bond motifs is 1. The van der Waals surface area contributed by atoms with Gasteiger partial charge in [0.2, 0.25) is 5.91 Å². The molecule has 1 saturated heterocycles. The Kier molecular flexibility index (Phi) is 5.88. The van der Waals surface area contributed by atoms with E-state index in [0.29, 0.717) is 25.1 Å². The van der Waals surface area contributed by atoms with Crippen LogP contribution in [-0.2, 0) is 20.9 Å². The summed E-state index contributed by atoms with van der Waals surface area (Å²) in [6.45, 7) is 7.65. The number of amides is 3. The fraction of sp³-hybridized carbons (Fsp3) is 0.526. The third kappa shape index (κ3) is 4.33. The summed E-state index contributed by atoms with van der Waals surface area (Å²) in [7, 11) is -1.23. The molecule has 0 spiro atoms. The van der Waals surface area contributed by atoms with Gasteiger partial charge in [0.25, 0.3) is 11.8 Å². The lowest BCUT2D eigenvalue weighted by atomic mass is 10.0. The minimum Gasteiger partial charge on any atom is -0.361 e. The number of likely N-dealkylation sites (tertiary alicyclic amines) is 1. The maximum atomic E-state index is 12.9. The van der Waals surface area contributed by atoms with Crippen molar-refractivity contribution in [1.29, 1.82) is 0 Å². The van der Waals surface area contributed by atoms with Crippen LogP contribution in [0.5, 0.6) is 0 Å². The zero-order valence-electron chi connectivity index (χ0n) is 16.0. The number of ether oxygens (including phenoxy) is 1. The Morgan fingerprint density at radius 3 is 2.63 bits per heavy atom. The van der Waals surface area contributed by atoms with Gasteiger partial charge in [-0.3, -0.25) is 19.3 Å². The largest absolute Gasteiger partial charge is 0.361 e. The van der Waals surface area contributed by atoms with Gasteiger partial charge in [-0.1, -0.05) is 31.8 Å². The first-order valence-electron chi connectivity index (χ1n) is 9.19. The Labute approximate surface area is 169 Å². The molecule has 0 aliphatic carbocycles. The van der Waals surface area contributed by atoms with Gasteiger partial charge in [-0.15, -0.1) is 0 Å². The van der Waals surface area contributed by atoms with Crippen LogP contribution in [0.25, 0.3) is 0 Å². The van der Waals surface area contributed by atoms with Gasteiger partial charge in [0.05, 0.1) is 5.56 Å². The number of nitrogens with zero attached hydrogens (tertiary/aromatic N) is 2. The summed E-state index contributed by atoms with van der Waals surface area (Å²) in [6.07, 6.45) is 0.607. The van der Waals surface area contributed by atoms with Gasteiger partial charge in [-0.2, -0.15) is 0 Å². The number of piperidine rings is 1. The van der Waals surface area contributed by atoms with Gasteiger partial charge in [-0.05, 0) is 40.0 Å². The molecule has 2 aliphatic rings. The van der Waals surface area contributed by atoms with Crippen molar-refractivity contribution in [2.24, 2.45) is 0 Å². The highest BCUT2D eigenvalue weighted by Crippen LogP contribution is 2.33. The molecule has 0 bridgehead atoms. The lowest BCUT2D eigenvalue weighted by molar-refractivity contribution is -0.158. The summed E-state index contributed by atoms with van der Waals surface area (Å²) >= 11 is 3.42. The van der Waals surface area contributed by atoms with Crippen molar-refractivity contribution in [1.82, 2.24) is 9.80 Å².